The van der Waals surface area contributed by atoms with Crippen LogP contribution in [0.3, 0.4) is 0 Å². The van der Waals surface area contributed by atoms with Crippen molar-refractivity contribution in [1.29, 1.82) is 5.41 Å². The van der Waals surface area contributed by atoms with Crippen molar-refractivity contribution in [2.24, 2.45) is 7.05 Å². The second kappa shape index (κ2) is 11.5. The Morgan fingerprint density at radius 1 is 1.10 bits per heavy atom. The molecule has 3 heterocycles. The van der Waals surface area contributed by atoms with Crippen molar-refractivity contribution in [3.8, 4) is 17.2 Å². The van der Waals surface area contributed by atoms with Crippen LogP contribution < -0.4 is 20.5 Å². The zero-order valence-electron chi connectivity index (χ0n) is 21.8. The number of imidazole rings is 1. The van der Waals surface area contributed by atoms with Gasteiger partial charge in [0.25, 0.3) is 0 Å². The Kier molecular flexibility index (Phi) is 7.69. The lowest BCUT2D eigenvalue weighted by atomic mass is 10.0. The molecule has 1 saturated heterocycles. The maximum absolute atomic E-state index is 14.3. The van der Waals surface area contributed by atoms with Crippen LogP contribution in [0.25, 0.3) is 0 Å². The van der Waals surface area contributed by atoms with E-state index in [2.05, 4.69) is 20.3 Å². The van der Waals surface area contributed by atoms with E-state index >= 15 is 0 Å². The summed E-state index contributed by atoms with van der Waals surface area (Å²) in [4.78, 5) is 12.7. The van der Waals surface area contributed by atoms with Crippen LogP contribution in [0.1, 0.15) is 35.5 Å². The van der Waals surface area contributed by atoms with Gasteiger partial charge in [-0.05, 0) is 44.0 Å². The normalized spacial score (nSPS) is 13.7. The number of benzene rings is 2. The number of nitrogens with one attached hydrogen (secondary N) is 2. The van der Waals surface area contributed by atoms with Crippen LogP contribution in [0.5, 0.6) is 17.2 Å². The first-order valence-corrected chi connectivity index (χ1v) is 12.6. The summed E-state index contributed by atoms with van der Waals surface area (Å²) < 4.78 is 33.3. The van der Waals surface area contributed by atoms with Crippen LogP contribution >= 0.6 is 0 Å². The van der Waals surface area contributed by atoms with Gasteiger partial charge in [0.15, 0.2) is 0 Å². The fourth-order valence-electron chi connectivity index (χ4n) is 4.28. The summed E-state index contributed by atoms with van der Waals surface area (Å²) in [6.07, 6.45) is 4.81. The molecular formula is C28H30FN7O3. The first kappa shape index (κ1) is 26.1. The van der Waals surface area contributed by atoms with Crippen molar-refractivity contribution in [2.45, 2.75) is 32.4 Å². The van der Waals surface area contributed by atoms with E-state index in [1.54, 1.807) is 36.5 Å². The number of nitrogen functional groups attached to an aromatic ring is 1. The van der Waals surface area contributed by atoms with Gasteiger partial charge in [-0.3, -0.25) is 5.41 Å². The predicted molar refractivity (Wildman–Crippen MR) is 145 cm³/mol. The fourth-order valence-corrected chi connectivity index (χ4v) is 4.28. The van der Waals surface area contributed by atoms with Crippen LogP contribution in [0.4, 0.5) is 16.0 Å². The molecule has 2 aromatic heterocycles. The van der Waals surface area contributed by atoms with Crippen LogP contribution in [-0.4, -0.2) is 44.5 Å². The Bertz CT molecular complexity index is 1470. The van der Waals surface area contributed by atoms with Gasteiger partial charge in [-0.1, -0.05) is 0 Å². The van der Waals surface area contributed by atoms with Gasteiger partial charge in [0.05, 0.1) is 23.2 Å². The first-order chi connectivity index (χ1) is 18.9. The number of halogens is 1. The van der Waals surface area contributed by atoms with Crippen molar-refractivity contribution >= 4 is 17.3 Å². The number of anilines is 2. The summed E-state index contributed by atoms with van der Waals surface area (Å²) >= 11 is 0. The Morgan fingerprint density at radius 3 is 2.56 bits per heavy atom. The van der Waals surface area contributed by atoms with Gasteiger partial charge in [-0.2, -0.15) is 0 Å². The molecule has 202 valence electrons. The fraction of sp³-hybridized carbons (Fsp3) is 0.286. The van der Waals surface area contributed by atoms with Crippen LogP contribution in [0.15, 0.2) is 55.0 Å². The first-order valence-electron chi connectivity index (χ1n) is 12.6. The van der Waals surface area contributed by atoms with E-state index in [0.717, 1.165) is 24.4 Å². The maximum Gasteiger partial charge on any atom is 0.141 e. The van der Waals surface area contributed by atoms with Crippen molar-refractivity contribution < 1.29 is 18.6 Å². The molecule has 39 heavy (non-hydrogen) atoms. The molecule has 1 aliphatic rings. The van der Waals surface area contributed by atoms with E-state index in [0.29, 0.717) is 41.7 Å². The summed E-state index contributed by atoms with van der Waals surface area (Å²) in [5, 5.41) is 12.2. The summed E-state index contributed by atoms with van der Waals surface area (Å²) in [5.41, 5.74) is 8.26. The summed E-state index contributed by atoms with van der Waals surface area (Å²) in [6.45, 7) is 3.50. The van der Waals surface area contributed by atoms with E-state index in [-0.39, 0.29) is 29.9 Å². The Balaban J connectivity index is 1.28. The zero-order valence-corrected chi connectivity index (χ0v) is 21.8. The molecule has 0 spiro atoms. The molecule has 4 aromatic rings. The van der Waals surface area contributed by atoms with E-state index in [9.17, 15) is 4.39 Å². The molecule has 1 aliphatic heterocycles. The predicted octanol–water partition coefficient (Wildman–Crippen LogP) is 4.62. The molecule has 0 aliphatic carbocycles. The molecule has 0 atom stereocenters. The molecule has 10 nitrogen and oxygen atoms in total. The lowest BCUT2D eigenvalue weighted by Gasteiger charge is -2.25. The van der Waals surface area contributed by atoms with Gasteiger partial charge < -0.3 is 29.8 Å². The van der Waals surface area contributed by atoms with Crippen molar-refractivity contribution in [3.63, 3.8) is 0 Å². The second-order valence-corrected chi connectivity index (χ2v) is 9.28. The molecule has 11 heteroatoms. The molecule has 0 unspecified atom stereocenters. The maximum atomic E-state index is 14.3. The van der Waals surface area contributed by atoms with E-state index in [1.807, 2.05) is 18.5 Å². The van der Waals surface area contributed by atoms with E-state index in [4.69, 9.17) is 25.4 Å². The molecule has 2 aromatic carbocycles. The van der Waals surface area contributed by atoms with E-state index in [1.165, 1.54) is 18.5 Å². The van der Waals surface area contributed by atoms with Crippen molar-refractivity contribution in [2.75, 3.05) is 24.3 Å². The second-order valence-electron chi connectivity index (χ2n) is 9.28. The molecule has 4 N–H and O–H groups in total. The summed E-state index contributed by atoms with van der Waals surface area (Å²) in [5.74, 6) is 2.23. The molecule has 0 saturated carbocycles. The lowest BCUT2D eigenvalue weighted by Crippen LogP contribution is -2.29. The van der Waals surface area contributed by atoms with Gasteiger partial charge in [-0.15, -0.1) is 0 Å². The van der Waals surface area contributed by atoms with Gasteiger partial charge in [-0.25, -0.2) is 19.3 Å². The summed E-state index contributed by atoms with van der Waals surface area (Å²) in [6, 6.07) is 11.3. The minimum Gasteiger partial charge on any atom is -0.487 e. The third-order valence-electron chi connectivity index (χ3n) is 6.62. The van der Waals surface area contributed by atoms with Crippen LogP contribution in [-0.2, 0) is 18.4 Å². The highest BCUT2D eigenvalue weighted by Gasteiger charge is 2.20. The number of hydrogen-bond donors (Lipinski definition) is 3. The Labute approximate surface area is 225 Å². The average molecular weight is 532 g/mol. The quantitative estimate of drug-likeness (QED) is 0.267. The molecule has 0 radical (unpaired) electrons. The van der Waals surface area contributed by atoms with Gasteiger partial charge in [0.2, 0.25) is 0 Å². The van der Waals surface area contributed by atoms with Crippen LogP contribution in [0.2, 0.25) is 0 Å². The van der Waals surface area contributed by atoms with Gasteiger partial charge in [0, 0.05) is 50.1 Å². The monoisotopic (exact) mass is 531 g/mol. The average Bonchev–Trinajstić information content (AvgIpc) is 3.25. The van der Waals surface area contributed by atoms with E-state index < -0.39 is 5.82 Å². The highest BCUT2D eigenvalue weighted by molar-refractivity contribution is 6.16. The number of hydrogen-bond acceptors (Lipinski definition) is 9. The highest BCUT2D eigenvalue weighted by Crippen LogP contribution is 2.29. The lowest BCUT2D eigenvalue weighted by molar-refractivity contribution is 0.0904. The number of rotatable bonds is 9. The topological polar surface area (TPSA) is 133 Å². The third kappa shape index (κ3) is 6.15. The molecular weight excluding hydrogens is 501 g/mol. The summed E-state index contributed by atoms with van der Waals surface area (Å²) in [7, 11) is 1.90. The number of aryl methyl sites for hydroxylation is 1. The highest BCUT2D eigenvalue weighted by atomic mass is 19.1. The number of ether oxygens (including phenoxy) is 3. The molecule has 5 rings (SSSR count). The molecule has 0 amide bonds. The van der Waals surface area contributed by atoms with Crippen molar-refractivity contribution in [3.05, 3.63) is 83.5 Å². The minimum atomic E-state index is -0.480. The Hall–Kier alpha value is -4.51. The third-order valence-corrected chi connectivity index (χ3v) is 6.62. The number of aromatic nitrogens is 4. The molecule has 0 bridgehead atoms. The standard InChI is InChI=1S/C28H30FN7O3/c1-17-32-14-21(36(17)2)15-38-23-11-19(29)12-24(13-23)39-22-5-3-18(4-6-22)26(30)25-27(31)33-16-34-28(25)35-20-7-9-37-10-8-20/h3-6,11-14,16,20,30H,7-10,15H2,1-2H3,(H3,31,33,34,35). The number of nitrogens with two attached hydrogens (primary N) is 1. The smallest absolute Gasteiger partial charge is 0.141 e. The van der Waals surface area contributed by atoms with Crippen molar-refractivity contribution in [1.82, 2.24) is 19.5 Å². The zero-order chi connectivity index (χ0) is 27.4. The molecule has 1 fully saturated rings. The van der Waals surface area contributed by atoms with Gasteiger partial charge >= 0.3 is 0 Å². The number of nitrogens with zero attached hydrogens (tertiary/aromatic N) is 4. The van der Waals surface area contributed by atoms with Crippen LogP contribution in [0, 0.1) is 18.2 Å². The SMILES string of the molecule is Cc1ncc(COc2cc(F)cc(Oc3ccc(C(=N)c4c(N)ncnc4NC4CCOCC4)cc3)c2)n1C. The van der Waals surface area contributed by atoms with Gasteiger partial charge in [0.1, 0.15) is 53.5 Å². The Morgan fingerprint density at radius 2 is 1.85 bits per heavy atom. The largest absolute Gasteiger partial charge is 0.487 e. The minimum absolute atomic E-state index is 0.182.